The van der Waals surface area contributed by atoms with Gasteiger partial charge in [0.15, 0.2) is 0 Å². The van der Waals surface area contributed by atoms with Crippen LogP contribution in [0.2, 0.25) is 0 Å². The van der Waals surface area contributed by atoms with Crippen LogP contribution >= 0.6 is 0 Å². The van der Waals surface area contributed by atoms with Crippen LogP contribution in [0.1, 0.15) is 22.3 Å². The van der Waals surface area contributed by atoms with E-state index in [1.807, 2.05) is 48.8 Å². The molecule has 0 saturated heterocycles. The van der Waals surface area contributed by atoms with Gasteiger partial charge in [0, 0.05) is 40.5 Å². The summed E-state index contributed by atoms with van der Waals surface area (Å²) in [6, 6.07) is 73.0. The van der Waals surface area contributed by atoms with Gasteiger partial charge in [0.1, 0.15) is 5.82 Å². The molecule has 6 nitrogen and oxygen atoms in total. The number of nitrogens with zero attached hydrogens (tertiary/aromatic N) is 5. The van der Waals surface area contributed by atoms with Gasteiger partial charge in [-0.1, -0.05) is 174 Å². The predicted octanol–water partition coefficient (Wildman–Crippen LogP) is 12.9. The molecule has 0 fully saturated rings. The molecule has 0 aliphatic carbocycles. The van der Waals surface area contributed by atoms with E-state index < -0.39 is 5.41 Å². The number of rotatable bonds is 6. The van der Waals surface area contributed by atoms with E-state index >= 15 is 0 Å². The van der Waals surface area contributed by atoms with E-state index in [9.17, 15) is 0 Å². The van der Waals surface area contributed by atoms with Crippen molar-refractivity contribution in [1.82, 2.24) is 23.9 Å². The van der Waals surface area contributed by atoms with E-state index in [4.69, 9.17) is 19.7 Å². The first-order valence-electron chi connectivity index (χ1n) is 20.8. The first kappa shape index (κ1) is 37.1. The Kier molecular flexibility index (Phi) is 8.53. The Balaban J connectivity index is 0.00000421. The molecule has 7 aromatic carbocycles. The summed E-state index contributed by atoms with van der Waals surface area (Å²) >= 11 is 0. The van der Waals surface area contributed by atoms with Gasteiger partial charge in [0.05, 0.1) is 33.5 Å². The van der Waals surface area contributed by atoms with Crippen LogP contribution in [0.25, 0.3) is 77.6 Å². The van der Waals surface area contributed by atoms with Gasteiger partial charge in [-0.05, 0) is 45.8 Å². The molecule has 63 heavy (non-hydrogen) atoms. The van der Waals surface area contributed by atoms with Gasteiger partial charge in [-0.15, -0.1) is 23.6 Å². The van der Waals surface area contributed by atoms with Gasteiger partial charge >= 0.3 is 21.1 Å². The van der Waals surface area contributed by atoms with Gasteiger partial charge in [-0.3, -0.25) is 9.97 Å². The van der Waals surface area contributed by atoms with E-state index in [0.717, 1.165) is 83.2 Å². The minimum Gasteiger partial charge on any atom is -0.503 e. The number of para-hydroxylation sites is 1. The summed E-state index contributed by atoms with van der Waals surface area (Å²) in [6.45, 7) is 0. The summed E-state index contributed by atoms with van der Waals surface area (Å²) < 4.78 is 11.3. The van der Waals surface area contributed by atoms with Crippen molar-refractivity contribution in [3.8, 4) is 39.8 Å². The van der Waals surface area contributed by atoms with E-state index in [1.165, 1.54) is 16.7 Å². The fourth-order valence-electron chi connectivity index (χ4n) is 10.0. The Morgan fingerprint density at radius 2 is 1.13 bits per heavy atom. The molecular formula is C56H33N5OPt. The zero-order valence-corrected chi connectivity index (χ0v) is 35.8. The largest absolute Gasteiger partial charge is 2.00 e. The van der Waals surface area contributed by atoms with E-state index in [2.05, 4.69) is 173 Å². The Hall–Kier alpha value is -7.66. The Morgan fingerprint density at radius 3 is 1.86 bits per heavy atom. The number of ether oxygens (including phenoxy) is 1. The summed E-state index contributed by atoms with van der Waals surface area (Å²) in [5, 5.41) is 3.97. The third-order valence-corrected chi connectivity index (χ3v) is 12.5. The second-order valence-corrected chi connectivity index (χ2v) is 15.8. The molecule has 0 N–H and O–H groups in total. The van der Waals surface area contributed by atoms with Crippen LogP contribution in [-0.4, -0.2) is 23.9 Å². The Labute approximate surface area is 377 Å². The van der Waals surface area contributed by atoms with Crippen molar-refractivity contribution in [2.75, 3.05) is 0 Å². The molecule has 0 bridgehead atoms. The molecule has 0 spiro atoms. The zero-order valence-electron chi connectivity index (χ0n) is 33.5. The first-order chi connectivity index (χ1) is 30.8. The molecule has 7 heteroatoms. The fraction of sp³-hybridized carbons (Fsp3) is 0.0179. The number of fused-ring (bicyclic) bond motifs is 11. The smallest absolute Gasteiger partial charge is 0.503 e. The van der Waals surface area contributed by atoms with Crippen LogP contribution < -0.4 is 4.74 Å². The molecule has 6 heterocycles. The van der Waals surface area contributed by atoms with E-state index in [0.29, 0.717) is 11.5 Å². The zero-order chi connectivity index (χ0) is 40.8. The molecule has 1 aliphatic rings. The van der Waals surface area contributed by atoms with Crippen LogP contribution in [-0.2, 0) is 26.5 Å². The summed E-state index contributed by atoms with van der Waals surface area (Å²) in [5.41, 5.74) is 12.7. The second kappa shape index (κ2) is 14.5. The molecule has 0 radical (unpaired) electrons. The summed E-state index contributed by atoms with van der Waals surface area (Å²) in [4.78, 5) is 15.5. The number of aromatic nitrogens is 5. The summed E-state index contributed by atoms with van der Waals surface area (Å²) in [5.74, 6) is 1.99. The number of hydrogen-bond acceptors (Lipinski definition) is 4. The summed E-state index contributed by atoms with van der Waals surface area (Å²) in [7, 11) is 0. The van der Waals surface area contributed by atoms with Gasteiger partial charge in [-0.25, -0.2) is 4.98 Å². The van der Waals surface area contributed by atoms with E-state index in [-0.39, 0.29) is 21.1 Å². The minimum atomic E-state index is -0.604. The molecule has 0 unspecified atom stereocenters. The van der Waals surface area contributed by atoms with Crippen molar-refractivity contribution in [3.63, 3.8) is 0 Å². The Bertz CT molecular complexity index is 3680. The Morgan fingerprint density at radius 1 is 0.508 bits per heavy atom. The molecule has 12 aromatic rings. The molecule has 0 amide bonds. The molecular weight excluding hydrogens is 954 g/mol. The van der Waals surface area contributed by atoms with Crippen LogP contribution in [0.15, 0.2) is 200 Å². The van der Waals surface area contributed by atoms with Crippen molar-refractivity contribution in [1.29, 1.82) is 0 Å². The average molecular weight is 987 g/mol. The fourth-order valence-corrected chi connectivity index (χ4v) is 10.0. The topological polar surface area (TPSA) is 57.2 Å². The van der Waals surface area contributed by atoms with Gasteiger partial charge in [0.2, 0.25) is 0 Å². The monoisotopic (exact) mass is 986 g/mol. The van der Waals surface area contributed by atoms with Gasteiger partial charge in [-0.2, -0.15) is 6.07 Å². The van der Waals surface area contributed by atoms with Crippen molar-refractivity contribution < 1.29 is 25.8 Å². The third kappa shape index (κ3) is 5.38. The third-order valence-electron chi connectivity index (χ3n) is 12.5. The maximum Gasteiger partial charge on any atom is 2.00 e. The standard InChI is InChI=1S/C56H33N5O.Pt/c1-5-16-36(17-6-1)50-52(37-18-7-2-8-19-37)60-48-27-15-32-57-51(48)43-31-29-40(34-45(43)54(60)59-50)62-41-28-30-42-44-24-13-25-46-53(44)61(49(42)35-41)55-47(26-14-33-58-55)56(46,38-20-9-3-10-21-38)39-22-11-4-12-23-39;/h1-33H;/q-2;+2. The summed E-state index contributed by atoms with van der Waals surface area (Å²) in [6.07, 6.45) is 3.73. The van der Waals surface area contributed by atoms with Gasteiger partial charge in [0.25, 0.3) is 0 Å². The molecule has 298 valence electrons. The number of hydrogen-bond donors (Lipinski definition) is 0. The van der Waals surface area contributed by atoms with Crippen LogP contribution in [0.3, 0.4) is 0 Å². The molecule has 0 atom stereocenters. The van der Waals surface area contributed by atoms with Crippen molar-refractivity contribution >= 4 is 49.3 Å². The van der Waals surface area contributed by atoms with Crippen molar-refractivity contribution in [2.45, 2.75) is 5.41 Å². The SMILES string of the molecule is [Pt+2].[c-]1c(Oc2[c-]c3c(cc2)c2cccc4c2n3-c2ncccc2C4(c2ccccc2)c2ccccc2)ccc2c1c1nc(-c3ccccc3)c(-c3ccccc3)n1c1cccnc21. The molecule has 5 aromatic heterocycles. The molecule has 1 aliphatic heterocycles. The number of benzene rings is 7. The number of imidazole rings is 1. The molecule has 0 saturated carbocycles. The molecule has 13 rings (SSSR count). The van der Waals surface area contributed by atoms with Crippen LogP contribution in [0.4, 0.5) is 0 Å². The maximum atomic E-state index is 6.77. The minimum absolute atomic E-state index is 0. The predicted molar refractivity (Wildman–Crippen MR) is 247 cm³/mol. The first-order valence-corrected chi connectivity index (χ1v) is 20.8. The van der Waals surface area contributed by atoms with Crippen molar-refractivity contribution in [3.05, 3.63) is 235 Å². The van der Waals surface area contributed by atoms with Crippen LogP contribution in [0.5, 0.6) is 11.5 Å². The van der Waals surface area contributed by atoms with E-state index in [1.54, 1.807) is 0 Å². The quantitative estimate of drug-likeness (QED) is 0.123. The normalized spacial score (nSPS) is 12.8. The number of pyridine rings is 3. The average Bonchev–Trinajstić information content (AvgIpc) is 3.91. The van der Waals surface area contributed by atoms with Gasteiger partial charge < -0.3 is 13.7 Å². The van der Waals surface area contributed by atoms with Crippen molar-refractivity contribution in [2.24, 2.45) is 0 Å². The second-order valence-electron chi connectivity index (χ2n) is 15.8. The maximum absolute atomic E-state index is 6.77. The van der Waals surface area contributed by atoms with Crippen LogP contribution in [0, 0.1) is 12.1 Å².